The summed E-state index contributed by atoms with van der Waals surface area (Å²) in [6.07, 6.45) is 7.02. The lowest BCUT2D eigenvalue weighted by atomic mass is 9.38. The first kappa shape index (κ1) is 20.4. The van der Waals surface area contributed by atoms with Crippen LogP contribution in [-0.2, 0) is 14.3 Å². The van der Waals surface area contributed by atoms with E-state index in [-0.39, 0.29) is 23.6 Å². The Kier molecular flexibility index (Phi) is 3.50. The largest absolute Gasteiger partial charge is 0.504 e. The molecule has 8 atom stereocenters. The van der Waals surface area contributed by atoms with E-state index in [1.165, 1.54) is 0 Å². The predicted octanol–water partition coefficient (Wildman–Crippen LogP) is 3.86. The van der Waals surface area contributed by atoms with E-state index in [1.807, 2.05) is 19.9 Å². The van der Waals surface area contributed by atoms with Crippen molar-refractivity contribution < 1.29 is 29.0 Å². The van der Waals surface area contributed by atoms with Crippen LogP contribution < -0.4 is 0 Å². The molecule has 1 spiro atoms. The molecule has 6 heteroatoms. The molecule has 2 N–H and O–H groups in total. The molecule has 0 radical (unpaired) electrons. The predicted molar refractivity (Wildman–Crippen MR) is 115 cm³/mol. The molecule has 5 aliphatic rings. The van der Waals surface area contributed by atoms with E-state index in [4.69, 9.17) is 9.15 Å². The number of aliphatic hydroxyl groups is 2. The van der Waals surface area contributed by atoms with Gasteiger partial charge in [-0.15, -0.1) is 0 Å². The third-order valence-corrected chi connectivity index (χ3v) is 10.1. The van der Waals surface area contributed by atoms with Crippen molar-refractivity contribution in [2.24, 2.45) is 27.6 Å². The molecule has 6 nitrogen and oxygen atoms in total. The number of aliphatic hydroxyl groups excluding tert-OH is 2. The molecule has 1 aliphatic heterocycles. The minimum atomic E-state index is -1.13. The third-order valence-electron chi connectivity index (χ3n) is 10.1. The van der Waals surface area contributed by atoms with Gasteiger partial charge in [0.1, 0.15) is 5.60 Å². The summed E-state index contributed by atoms with van der Waals surface area (Å²) in [4.78, 5) is 26.8. The number of rotatable bonds is 1. The number of epoxide rings is 1. The Morgan fingerprint density at radius 2 is 1.84 bits per heavy atom. The average molecular weight is 439 g/mol. The van der Waals surface area contributed by atoms with Crippen LogP contribution in [0.25, 0.3) is 0 Å². The standard InChI is InChI=1S/C26H30O6/c1-22(2)16(28)6-8-23(3)19-15(27)11-24(4)14(13-7-9-31-12-13)10-17-26(24,32-17)25(19,5)21(30)18(29)20(22)23/h6-9,12,14-15,17,19,27,29H,10-11H2,1-5H3/t14?,15?,17?,19-,23+,24-,25-,26+/m0/s1. The quantitative estimate of drug-likeness (QED) is 0.646. The van der Waals surface area contributed by atoms with Crippen LogP contribution in [0.1, 0.15) is 58.9 Å². The number of hydrogen-bond acceptors (Lipinski definition) is 6. The molecule has 1 saturated heterocycles. The molecule has 3 unspecified atom stereocenters. The number of carbonyl (C=O) groups is 2. The zero-order valence-electron chi connectivity index (χ0n) is 19.1. The SMILES string of the molecule is CC1(C)C(=O)C=C[C@@]2(C)C1=C(O)C(=O)[C@]1(C)[C@H]2C(O)C[C@@]2(C)C(c3ccoc3)CC3O[C@]321. The van der Waals surface area contributed by atoms with Gasteiger partial charge in [-0.05, 0) is 62.8 Å². The number of ether oxygens (including phenoxy) is 1. The average Bonchev–Trinajstić information content (AvgIpc) is 3.08. The fourth-order valence-corrected chi connectivity index (χ4v) is 8.95. The first-order valence-electron chi connectivity index (χ1n) is 11.5. The van der Waals surface area contributed by atoms with Gasteiger partial charge in [0.15, 0.2) is 11.5 Å². The molecule has 170 valence electrons. The Morgan fingerprint density at radius 1 is 1.12 bits per heavy atom. The van der Waals surface area contributed by atoms with Gasteiger partial charge in [0.05, 0.1) is 35.6 Å². The summed E-state index contributed by atoms with van der Waals surface area (Å²) in [5, 5.41) is 23.1. The molecule has 0 bridgehead atoms. The monoisotopic (exact) mass is 438 g/mol. The highest BCUT2D eigenvalue weighted by atomic mass is 16.6. The summed E-state index contributed by atoms with van der Waals surface area (Å²) in [7, 11) is 0. The van der Waals surface area contributed by atoms with E-state index in [2.05, 4.69) is 6.92 Å². The normalized spacial score (nSPS) is 50.6. The van der Waals surface area contributed by atoms with Crippen molar-refractivity contribution in [1.82, 2.24) is 0 Å². The highest BCUT2D eigenvalue weighted by molar-refractivity contribution is 6.06. The van der Waals surface area contributed by atoms with Crippen LogP contribution in [0.15, 0.2) is 46.5 Å². The van der Waals surface area contributed by atoms with Gasteiger partial charge in [0.2, 0.25) is 5.78 Å². The van der Waals surface area contributed by atoms with Crippen molar-refractivity contribution in [3.05, 3.63) is 47.6 Å². The molecule has 0 amide bonds. The summed E-state index contributed by atoms with van der Waals surface area (Å²) in [5.74, 6) is -1.33. The van der Waals surface area contributed by atoms with Crippen molar-refractivity contribution in [2.45, 2.75) is 71.2 Å². The van der Waals surface area contributed by atoms with E-state index in [0.717, 1.165) is 12.0 Å². The summed E-state index contributed by atoms with van der Waals surface area (Å²) >= 11 is 0. The van der Waals surface area contributed by atoms with Crippen molar-refractivity contribution in [2.75, 3.05) is 0 Å². The number of Topliss-reactive ketones (excluding diaryl/α,β-unsaturated/α-hetero) is 1. The first-order valence-corrected chi connectivity index (χ1v) is 11.5. The zero-order valence-corrected chi connectivity index (χ0v) is 19.1. The lowest BCUT2D eigenvalue weighted by Crippen LogP contribution is -2.70. The van der Waals surface area contributed by atoms with E-state index in [1.54, 1.807) is 38.5 Å². The van der Waals surface area contributed by atoms with E-state index >= 15 is 0 Å². The van der Waals surface area contributed by atoms with Gasteiger partial charge in [-0.3, -0.25) is 9.59 Å². The number of ketones is 2. The van der Waals surface area contributed by atoms with Gasteiger partial charge in [-0.2, -0.15) is 0 Å². The summed E-state index contributed by atoms with van der Waals surface area (Å²) in [6.45, 7) is 9.42. The highest BCUT2D eigenvalue weighted by Gasteiger charge is 2.88. The van der Waals surface area contributed by atoms with E-state index in [9.17, 15) is 19.8 Å². The summed E-state index contributed by atoms with van der Waals surface area (Å²) in [5.41, 5.74) is -2.82. The Labute approximate surface area is 187 Å². The maximum Gasteiger partial charge on any atom is 0.206 e. The minimum Gasteiger partial charge on any atom is -0.504 e. The Bertz CT molecular complexity index is 1130. The van der Waals surface area contributed by atoms with Gasteiger partial charge < -0.3 is 19.4 Å². The Hall–Kier alpha value is -2.18. The highest BCUT2D eigenvalue weighted by Crippen LogP contribution is 2.81. The van der Waals surface area contributed by atoms with Crippen LogP contribution >= 0.6 is 0 Å². The fourth-order valence-electron chi connectivity index (χ4n) is 8.95. The zero-order chi connectivity index (χ0) is 23.1. The molecule has 32 heavy (non-hydrogen) atoms. The Balaban J connectivity index is 1.60. The lowest BCUT2D eigenvalue weighted by molar-refractivity contribution is -0.187. The minimum absolute atomic E-state index is 0.0838. The van der Waals surface area contributed by atoms with Gasteiger partial charge >= 0.3 is 0 Å². The second kappa shape index (κ2) is 5.48. The molecule has 2 heterocycles. The molecule has 2 saturated carbocycles. The van der Waals surface area contributed by atoms with Gasteiger partial charge in [0.25, 0.3) is 0 Å². The summed E-state index contributed by atoms with van der Waals surface area (Å²) in [6, 6.07) is 1.95. The van der Waals surface area contributed by atoms with Crippen molar-refractivity contribution in [3.63, 3.8) is 0 Å². The van der Waals surface area contributed by atoms with Crippen molar-refractivity contribution in [3.8, 4) is 0 Å². The first-order chi connectivity index (χ1) is 14.9. The number of carbonyl (C=O) groups excluding carboxylic acids is 2. The van der Waals surface area contributed by atoms with Crippen LogP contribution in [0.3, 0.4) is 0 Å². The molecule has 3 fully saturated rings. The van der Waals surface area contributed by atoms with Crippen LogP contribution in [0.2, 0.25) is 0 Å². The number of allylic oxidation sites excluding steroid dienone is 4. The van der Waals surface area contributed by atoms with Gasteiger partial charge in [-0.25, -0.2) is 0 Å². The van der Waals surface area contributed by atoms with Gasteiger partial charge in [0, 0.05) is 16.7 Å². The number of hydrogen-bond donors (Lipinski definition) is 2. The van der Waals surface area contributed by atoms with Gasteiger partial charge in [-0.1, -0.05) is 19.9 Å². The van der Waals surface area contributed by atoms with Crippen LogP contribution in [0.4, 0.5) is 0 Å². The topological polar surface area (TPSA) is 100 Å². The Morgan fingerprint density at radius 3 is 2.50 bits per heavy atom. The molecular formula is C26H30O6. The molecule has 6 rings (SSSR count). The van der Waals surface area contributed by atoms with Crippen molar-refractivity contribution >= 4 is 11.6 Å². The second-order valence-corrected chi connectivity index (χ2v) is 11.7. The van der Waals surface area contributed by atoms with E-state index < -0.39 is 45.1 Å². The molecule has 4 aliphatic carbocycles. The fraction of sp³-hybridized carbons (Fsp3) is 0.615. The van der Waals surface area contributed by atoms with Crippen LogP contribution in [0.5, 0.6) is 0 Å². The second-order valence-electron chi connectivity index (χ2n) is 11.7. The maximum atomic E-state index is 14.1. The van der Waals surface area contributed by atoms with Crippen LogP contribution in [0, 0.1) is 27.6 Å². The third kappa shape index (κ3) is 1.82. The molecular weight excluding hydrogens is 408 g/mol. The lowest BCUT2D eigenvalue weighted by Gasteiger charge is -2.63. The molecule has 1 aromatic heterocycles. The summed E-state index contributed by atoms with van der Waals surface area (Å²) < 4.78 is 11.8. The molecule has 1 aromatic rings. The van der Waals surface area contributed by atoms with Crippen LogP contribution in [-0.4, -0.2) is 39.6 Å². The maximum absolute atomic E-state index is 14.1. The smallest absolute Gasteiger partial charge is 0.206 e. The van der Waals surface area contributed by atoms with E-state index in [0.29, 0.717) is 12.0 Å². The number of fused-ring (bicyclic) bond motifs is 3. The van der Waals surface area contributed by atoms with Crippen molar-refractivity contribution in [1.29, 1.82) is 0 Å². The number of furan rings is 1. The molecule has 0 aromatic carbocycles.